The lowest BCUT2D eigenvalue weighted by Gasteiger charge is -2.26. The van der Waals surface area contributed by atoms with E-state index in [1.54, 1.807) is 0 Å². The Morgan fingerprint density at radius 2 is 1.89 bits per heavy atom. The second-order valence-electron chi connectivity index (χ2n) is 4.86. The number of carbonyl (C=O) groups excluding carboxylic acids is 1. The summed E-state index contributed by atoms with van der Waals surface area (Å²) in [5.74, 6) is -1.25. The monoisotopic (exact) mass is 273 g/mol. The average molecular weight is 273 g/mol. The molecule has 0 radical (unpaired) electrons. The lowest BCUT2D eigenvalue weighted by molar-refractivity contribution is -0.141. The largest absolute Gasteiger partial charge is 0.480 e. The molecule has 0 aromatic heterocycles. The molecule has 19 heavy (non-hydrogen) atoms. The van der Waals surface area contributed by atoms with Gasteiger partial charge in [-0.2, -0.15) is 0 Å². The summed E-state index contributed by atoms with van der Waals surface area (Å²) in [6, 6.07) is -1.85. The van der Waals surface area contributed by atoms with Crippen LogP contribution >= 0.6 is 0 Å². The molecule has 2 amide bonds. The minimum absolute atomic E-state index is 0.470. The number of carboxylic acid groups (broad SMARTS) is 1. The van der Waals surface area contributed by atoms with E-state index in [0.29, 0.717) is 6.54 Å². The third-order valence-electron chi connectivity index (χ3n) is 3.20. The summed E-state index contributed by atoms with van der Waals surface area (Å²) in [5, 5.41) is 22.9. The second-order valence-corrected chi connectivity index (χ2v) is 4.86. The Morgan fingerprint density at radius 3 is 2.42 bits per heavy atom. The van der Waals surface area contributed by atoms with Crippen LogP contribution in [0.2, 0.25) is 0 Å². The second kappa shape index (κ2) is 7.96. The molecule has 110 valence electrons. The number of hydrogen-bond donors (Lipinski definition) is 4. The van der Waals surface area contributed by atoms with E-state index in [9.17, 15) is 14.7 Å². The molecule has 2 atom stereocenters. The number of aliphatic hydroxyl groups excluding tert-OH is 1. The molecule has 1 aliphatic heterocycles. The van der Waals surface area contributed by atoms with Crippen molar-refractivity contribution in [1.82, 2.24) is 15.5 Å². The number of hydrogen-bond acceptors (Lipinski definition) is 4. The number of amides is 2. The quantitative estimate of drug-likeness (QED) is 0.528. The van der Waals surface area contributed by atoms with Crippen molar-refractivity contribution >= 4 is 12.0 Å². The van der Waals surface area contributed by atoms with Crippen molar-refractivity contribution < 1.29 is 19.8 Å². The summed E-state index contributed by atoms with van der Waals surface area (Å²) in [6.45, 7) is 4.66. The molecule has 1 rings (SSSR count). The number of aliphatic carboxylic acids is 1. The first-order chi connectivity index (χ1) is 9.00. The summed E-state index contributed by atoms with van der Waals surface area (Å²) in [4.78, 5) is 24.5. The van der Waals surface area contributed by atoms with Gasteiger partial charge >= 0.3 is 12.0 Å². The standard InChI is InChI=1S/C12H23N3O4/c1-9(16)10(11(17)18)14-12(19)13-5-8-15-6-3-2-4-7-15/h9-10,16H,2-8H2,1H3,(H,17,18)(H2,13,14,19). The third kappa shape index (κ3) is 5.89. The highest BCUT2D eigenvalue weighted by Gasteiger charge is 2.24. The minimum atomic E-state index is -1.28. The van der Waals surface area contributed by atoms with Crippen LogP contribution in [0.3, 0.4) is 0 Å². The molecular weight excluding hydrogens is 250 g/mol. The van der Waals surface area contributed by atoms with Gasteiger partial charge in [-0.25, -0.2) is 9.59 Å². The maximum absolute atomic E-state index is 11.5. The Bertz CT molecular complexity index is 303. The Morgan fingerprint density at radius 1 is 1.26 bits per heavy atom. The zero-order valence-electron chi connectivity index (χ0n) is 11.3. The molecule has 1 saturated heterocycles. The molecule has 1 fully saturated rings. The number of urea groups is 1. The molecule has 4 N–H and O–H groups in total. The number of aliphatic hydroxyl groups is 1. The smallest absolute Gasteiger partial charge is 0.328 e. The van der Waals surface area contributed by atoms with Gasteiger partial charge in [0.25, 0.3) is 0 Å². The van der Waals surface area contributed by atoms with Crippen LogP contribution in [-0.4, -0.2) is 65.4 Å². The third-order valence-corrected chi connectivity index (χ3v) is 3.20. The summed E-state index contributed by atoms with van der Waals surface area (Å²) in [6.07, 6.45) is 2.51. The summed E-state index contributed by atoms with van der Waals surface area (Å²) in [5.41, 5.74) is 0. The number of nitrogens with zero attached hydrogens (tertiary/aromatic N) is 1. The van der Waals surface area contributed by atoms with Gasteiger partial charge in [0.2, 0.25) is 0 Å². The van der Waals surface area contributed by atoms with E-state index in [0.717, 1.165) is 19.6 Å². The summed E-state index contributed by atoms with van der Waals surface area (Å²) >= 11 is 0. The van der Waals surface area contributed by atoms with Crippen LogP contribution in [0.15, 0.2) is 0 Å². The van der Waals surface area contributed by atoms with Crippen LogP contribution in [0.1, 0.15) is 26.2 Å². The van der Waals surface area contributed by atoms with Gasteiger partial charge < -0.3 is 25.7 Å². The molecular formula is C12H23N3O4. The van der Waals surface area contributed by atoms with Crippen molar-refractivity contribution in [3.8, 4) is 0 Å². The topological polar surface area (TPSA) is 102 Å². The highest BCUT2D eigenvalue weighted by atomic mass is 16.4. The van der Waals surface area contributed by atoms with Crippen LogP contribution in [0, 0.1) is 0 Å². The first-order valence-corrected chi connectivity index (χ1v) is 6.68. The van der Waals surface area contributed by atoms with E-state index in [-0.39, 0.29) is 0 Å². The van der Waals surface area contributed by atoms with Gasteiger partial charge in [0.15, 0.2) is 6.04 Å². The number of carboxylic acids is 1. The van der Waals surface area contributed by atoms with E-state index < -0.39 is 24.1 Å². The highest BCUT2D eigenvalue weighted by Crippen LogP contribution is 2.07. The lowest BCUT2D eigenvalue weighted by Crippen LogP contribution is -2.52. The van der Waals surface area contributed by atoms with Gasteiger partial charge in [-0.1, -0.05) is 6.42 Å². The van der Waals surface area contributed by atoms with Crippen LogP contribution < -0.4 is 10.6 Å². The lowest BCUT2D eigenvalue weighted by atomic mass is 10.1. The number of piperidine rings is 1. The van der Waals surface area contributed by atoms with Gasteiger partial charge in [0.05, 0.1) is 6.10 Å². The van der Waals surface area contributed by atoms with Gasteiger partial charge in [-0.15, -0.1) is 0 Å². The maximum atomic E-state index is 11.5. The predicted octanol–water partition coefficient (Wildman–Crippen LogP) is -0.394. The Labute approximate surface area is 113 Å². The molecule has 0 aromatic rings. The molecule has 0 saturated carbocycles. The molecule has 0 spiro atoms. The van der Waals surface area contributed by atoms with Crippen LogP contribution in [-0.2, 0) is 4.79 Å². The maximum Gasteiger partial charge on any atom is 0.328 e. The first-order valence-electron chi connectivity index (χ1n) is 6.68. The van der Waals surface area contributed by atoms with Crippen molar-refractivity contribution in [2.45, 2.75) is 38.3 Å². The summed E-state index contributed by atoms with van der Waals surface area (Å²) < 4.78 is 0. The van der Waals surface area contributed by atoms with E-state index in [1.807, 2.05) is 0 Å². The number of likely N-dealkylation sites (tertiary alicyclic amines) is 1. The normalized spacial score (nSPS) is 19.5. The van der Waals surface area contributed by atoms with Crippen molar-refractivity contribution in [2.24, 2.45) is 0 Å². The Balaban J connectivity index is 2.21. The minimum Gasteiger partial charge on any atom is -0.480 e. The van der Waals surface area contributed by atoms with E-state index in [2.05, 4.69) is 15.5 Å². The molecule has 1 aliphatic rings. The van der Waals surface area contributed by atoms with Crippen LogP contribution in [0.4, 0.5) is 4.79 Å². The molecule has 7 nitrogen and oxygen atoms in total. The van der Waals surface area contributed by atoms with Gasteiger partial charge in [0.1, 0.15) is 0 Å². The van der Waals surface area contributed by atoms with Crippen molar-refractivity contribution in [1.29, 1.82) is 0 Å². The van der Waals surface area contributed by atoms with Crippen molar-refractivity contribution in [2.75, 3.05) is 26.2 Å². The van der Waals surface area contributed by atoms with Crippen LogP contribution in [0.5, 0.6) is 0 Å². The van der Waals surface area contributed by atoms with Gasteiger partial charge in [0, 0.05) is 13.1 Å². The van der Waals surface area contributed by atoms with E-state index in [1.165, 1.54) is 26.2 Å². The van der Waals surface area contributed by atoms with Crippen LogP contribution in [0.25, 0.3) is 0 Å². The number of carbonyl (C=O) groups is 2. The Kier molecular flexibility index (Phi) is 6.58. The Hall–Kier alpha value is -1.34. The molecule has 1 heterocycles. The number of nitrogens with one attached hydrogen (secondary N) is 2. The fourth-order valence-corrected chi connectivity index (χ4v) is 2.09. The predicted molar refractivity (Wildman–Crippen MR) is 69.9 cm³/mol. The molecule has 0 bridgehead atoms. The zero-order chi connectivity index (χ0) is 14.3. The fraction of sp³-hybridized carbons (Fsp3) is 0.833. The van der Waals surface area contributed by atoms with Gasteiger partial charge in [-0.05, 0) is 32.9 Å². The molecule has 7 heteroatoms. The SMILES string of the molecule is CC(O)C(NC(=O)NCCN1CCCCC1)C(=O)O. The van der Waals surface area contributed by atoms with Crippen molar-refractivity contribution in [3.63, 3.8) is 0 Å². The van der Waals surface area contributed by atoms with E-state index >= 15 is 0 Å². The van der Waals surface area contributed by atoms with Crippen molar-refractivity contribution in [3.05, 3.63) is 0 Å². The summed E-state index contributed by atoms with van der Waals surface area (Å²) in [7, 11) is 0. The fourth-order valence-electron chi connectivity index (χ4n) is 2.09. The molecule has 0 aromatic carbocycles. The average Bonchev–Trinajstić information content (AvgIpc) is 2.36. The number of rotatable bonds is 6. The van der Waals surface area contributed by atoms with E-state index in [4.69, 9.17) is 5.11 Å². The van der Waals surface area contributed by atoms with Gasteiger partial charge in [-0.3, -0.25) is 0 Å². The zero-order valence-corrected chi connectivity index (χ0v) is 11.3. The molecule has 0 aliphatic carbocycles. The highest BCUT2D eigenvalue weighted by molar-refractivity contribution is 5.82. The molecule has 2 unspecified atom stereocenters. The first kappa shape index (κ1) is 15.7.